The molecule has 0 N–H and O–H groups in total. The summed E-state index contributed by atoms with van der Waals surface area (Å²) in [6.45, 7) is 2.61. The van der Waals surface area contributed by atoms with Crippen molar-refractivity contribution in [3.05, 3.63) is 65.2 Å². The van der Waals surface area contributed by atoms with Gasteiger partial charge in [0.15, 0.2) is 5.78 Å². The fraction of sp³-hybridized carbons (Fsp3) is 0.333. The van der Waals surface area contributed by atoms with Gasteiger partial charge in [-0.2, -0.15) is 0 Å². The minimum absolute atomic E-state index is 0.00558. The molecule has 0 atom stereocenters. The molecule has 4 heteroatoms. The van der Waals surface area contributed by atoms with Crippen LogP contribution in [0.4, 0.5) is 0 Å². The van der Waals surface area contributed by atoms with Crippen molar-refractivity contribution in [1.82, 2.24) is 4.90 Å². The van der Waals surface area contributed by atoms with Gasteiger partial charge in [-0.05, 0) is 31.0 Å². The predicted octanol–water partition coefficient (Wildman–Crippen LogP) is 3.67. The van der Waals surface area contributed by atoms with E-state index in [0.29, 0.717) is 12.1 Å². The van der Waals surface area contributed by atoms with Crippen molar-refractivity contribution in [3.8, 4) is 5.75 Å². The van der Waals surface area contributed by atoms with Gasteiger partial charge < -0.3 is 9.64 Å². The Morgan fingerprint density at radius 1 is 0.960 bits per heavy atom. The Bertz CT molecular complexity index is 705. The molecule has 0 fully saturated rings. The maximum atomic E-state index is 12.2. The van der Waals surface area contributed by atoms with Crippen molar-refractivity contribution in [2.75, 3.05) is 20.7 Å². The molecule has 2 rings (SSSR count). The first-order chi connectivity index (χ1) is 12.0. The maximum Gasteiger partial charge on any atom is 0.222 e. The van der Waals surface area contributed by atoms with Gasteiger partial charge in [0.05, 0.1) is 7.11 Å². The number of nitrogens with zero attached hydrogens (tertiary/aromatic N) is 1. The van der Waals surface area contributed by atoms with Gasteiger partial charge in [-0.1, -0.05) is 42.0 Å². The van der Waals surface area contributed by atoms with Crippen molar-refractivity contribution >= 4 is 11.7 Å². The van der Waals surface area contributed by atoms with Crippen LogP contribution >= 0.6 is 0 Å². The van der Waals surface area contributed by atoms with E-state index in [9.17, 15) is 9.59 Å². The van der Waals surface area contributed by atoms with Crippen LogP contribution in [0.15, 0.2) is 48.5 Å². The van der Waals surface area contributed by atoms with Crippen molar-refractivity contribution in [2.45, 2.75) is 26.2 Å². The van der Waals surface area contributed by atoms with Crippen LogP contribution in [-0.4, -0.2) is 37.3 Å². The molecule has 2 aromatic carbocycles. The highest BCUT2D eigenvalue weighted by molar-refractivity contribution is 5.97. The van der Waals surface area contributed by atoms with Gasteiger partial charge in [-0.25, -0.2) is 0 Å². The number of methoxy groups -OCH3 is 1. The van der Waals surface area contributed by atoms with Crippen LogP contribution in [0.5, 0.6) is 5.75 Å². The smallest absolute Gasteiger partial charge is 0.222 e. The fourth-order valence-electron chi connectivity index (χ4n) is 2.51. The van der Waals surface area contributed by atoms with E-state index in [-0.39, 0.29) is 24.5 Å². The number of rotatable bonds is 8. The second kappa shape index (κ2) is 9.02. The van der Waals surface area contributed by atoms with E-state index >= 15 is 0 Å². The zero-order chi connectivity index (χ0) is 18.2. The van der Waals surface area contributed by atoms with E-state index in [0.717, 1.165) is 23.3 Å². The van der Waals surface area contributed by atoms with Gasteiger partial charge in [-0.15, -0.1) is 0 Å². The van der Waals surface area contributed by atoms with Gasteiger partial charge in [0.25, 0.3) is 0 Å². The molecule has 0 unspecified atom stereocenters. The molecule has 132 valence electrons. The Hall–Kier alpha value is -2.62. The quantitative estimate of drug-likeness (QED) is 0.690. The molecule has 0 saturated heterocycles. The first-order valence-electron chi connectivity index (χ1n) is 8.46. The summed E-state index contributed by atoms with van der Waals surface area (Å²) < 4.78 is 5.13. The number of ether oxygens (including phenoxy) is 1. The molecular weight excluding hydrogens is 314 g/mol. The molecule has 0 saturated carbocycles. The lowest BCUT2D eigenvalue weighted by Gasteiger charge is -2.17. The van der Waals surface area contributed by atoms with Crippen LogP contribution in [-0.2, 0) is 11.2 Å². The summed E-state index contributed by atoms with van der Waals surface area (Å²) in [7, 11) is 3.42. The number of likely N-dealkylation sites (N-methyl/N-ethyl adjacent to an activating group) is 1. The SMILES string of the molecule is COc1ccc(CCN(C)C(=O)CCC(=O)c2ccc(C)cc2)cc1. The average Bonchev–Trinajstić information content (AvgIpc) is 2.64. The third-order valence-electron chi connectivity index (χ3n) is 4.26. The lowest BCUT2D eigenvalue weighted by molar-refractivity contribution is -0.129. The van der Waals surface area contributed by atoms with Crippen LogP contribution < -0.4 is 4.74 Å². The first kappa shape index (κ1) is 18.7. The van der Waals surface area contributed by atoms with Crippen molar-refractivity contribution < 1.29 is 14.3 Å². The Morgan fingerprint density at radius 3 is 2.20 bits per heavy atom. The minimum atomic E-state index is -0.00558. The van der Waals surface area contributed by atoms with Gasteiger partial charge in [-0.3, -0.25) is 9.59 Å². The van der Waals surface area contributed by atoms with Gasteiger partial charge >= 0.3 is 0 Å². The van der Waals surface area contributed by atoms with Gasteiger partial charge in [0, 0.05) is 32.0 Å². The predicted molar refractivity (Wildman–Crippen MR) is 99.1 cm³/mol. The maximum absolute atomic E-state index is 12.2. The molecule has 0 aliphatic heterocycles. The Kier molecular flexibility index (Phi) is 6.75. The highest BCUT2D eigenvalue weighted by atomic mass is 16.5. The van der Waals surface area contributed by atoms with Crippen LogP contribution in [0, 0.1) is 6.92 Å². The summed E-state index contributed by atoms with van der Waals surface area (Å²) in [5.74, 6) is 0.827. The standard InChI is InChI=1S/C21H25NO3/c1-16-4-8-18(9-5-16)20(23)12-13-21(24)22(2)15-14-17-6-10-19(25-3)11-7-17/h4-11H,12-15H2,1-3H3. The Balaban J connectivity index is 1.77. The zero-order valence-electron chi connectivity index (χ0n) is 15.1. The minimum Gasteiger partial charge on any atom is -0.497 e. The molecule has 0 bridgehead atoms. The summed E-state index contributed by atoms with van der Waals surface area (Å²) in [6.07, 6.45) is 1.26. The average molecular weight is 339 g/mol. The summed E-state index contributed by atoms with van der Waals surface area (Å²) in [5.41, 5.74) is 2.93. The number of hydrogen-bond donors (Lipinski definition) is 0. The number of benzene rings is 2. The number of ketones is 1. The van der Waals surface area contributed by atoms with Crippen molar-refractivity contribution in [1.29, 1.82) is 0 Å². The molecule has 2 aromatic rings. The molecular formula is C21H25NO3. The van der Waals surface area contributed by atoms with Crippen LogP contribution in [0.25, 0.3) is 0 Å². The summed E-state index contributed by atoms with van der Waals surface area (Å²) in [6, 6.07) is 15.3. The molecule has 0 aromatic heterocycles. The Labute approximate surface area is 149 Å². The lowest BCUT2D eigenvalue weighted by atomic mass is 10.0. The zero-order valence-corrected chi connectivity index (χ0v) is 15.1. The summed E-state index contributed by atoms with van der Waals surface area (Å²) >= 11 is 0. The second-order valence-electron chi connectivity index (χ2n) is 6.20. The Morgan fingerprint density at radius 2 is 1.60 bits per heavy atom. The topological polar surface area (TPSA) is 46.6 Å². The second-order valence-corrected chi connectivity index (χ2v) is 6.20. The number of Topliss-reactive ketones (excluding diaryl/α,β-unsaturated/α-hetero) is 1. The highest BCUT2D eigenvalue weighted by Gasteiger charge is 2.12. The lowest BCUT2D eigenvalue weighted by Crippen LogP contribution is -2.29. The van der Waals surface area contributed by atoms with Crippen LogP contribution in [0.1, 0.15) is 34.3 Å². The molecule has 0 heterocycles. The first-order valence-corrected chi connectivity index (χ1v) is 8.46. The molecule has 0 radical (unpaired) electrons. The van der Waals surface area contributed by atoms with E-state index in [1.54, 1.807) is 19.1 Å². The van der Waals surface area contributed by atoms with E-state index in [1.807, 2.05) is 55.5 Å². The monoisotopic (exact) mass is 339 g/mol. The number of hydrogen-bond acceptors (Lipinski definition) is 3. The van der Waals surface area contributed by atoms with E-state index in [1.165, 1.54) is 0 Å². The highest BCUT2D eigenvalue weighted by Crippen LogP contribution is 2.12. The van der Waals surface area contributed by atoms with Crippen molar-refractivity contribution in [2.24, 2.45) is 0 Å². The van der Waals surface area contributed by atoms with E-state index in [4.69, 9.17) is 4.74 Å². The van der Waals surface area contributed by atoms with Crippen LogP contribution in [0.3, 0.4) is 0 Å². The number of amides is 1. The largest absolute Gasteiger partial charge is 0.497 e. The molecule has 4 nitrogen and oxygen atoms in total. The molecule has 0 spiro atoms. The number of carbonyl (C=O) groups excluding carboxylic acids is 2. The molecule has 0 aliphatic carbocycles. The molecule has 1 amide bonds. The third-order valence-corrected chi connectivity index (χ3v) is 4.26. The van der Waals surface area contributed by atoms with Gasteiger partial charge in [0.2, 0.25) is 5.91 Å². The number of carbonyl (C=O) groups is 2. The number of aryl methyl sites for hydroxylation is 1. The molecule has 0 aliphatic rings. The normalized spacial score (nSPS) is 10.4. The summed E-state index contributed by atoms with van der Waals surface area (Å²) in [4.78, 5) is 26.0. The molecule has 25 heavy (non-hydrogen) atoms. The van der Waals surface area contributed by atoms with Crippen LogP contribution in [0.2, 0.25) is 0 Å². The third kappa shape index (κ3) is 5.75. The van der Waals surface area contributed by atoms with E-state index < -0.39 is 0 Å². The fourth-order valence-corrected chi connectivity index (χ4v) is 2.51. The van der Waals surface area contributed by atoms with Crippen molar-refractivity contribution in [3.63, 3.8) is 0 Å². The van der Waals surface area contributed by atoms with E-state index in [2.05, 4.69) is 0 Å². The van der Waals surface area contributed by atoms with Gasteiger partial charge in [0.1, 0.15) is 5.75 Å². The summed E-state index contributed by atoms with van der Waals surface area (Å²) in [5, 5.41) is 0.